The van der Waals surface area contributed by atoms with E-state index < -0.39 is 11.2 Å². The van der Waals surface area contributed by atoms with Crippen LogP contribution in [0.4, 0.5) is 0 Å². The molecule has 0 unspecified atom stereocenters. The van der Waals surface area contributed by atoms with E-state index in [-0.39, 0.29) is 6.54 Å². The summed E-state index contributed by atoms with van der Waals surface area (Å²) in [6, 6.07) is 4.85. The first-order chi connectivity index (χ1) is 8.17. The van der Waals surface area contributed by atoms with Gasteiger partial charge in [0.2, 0.25) is 0 Å². The third-order valence-electron chi connectivity index (χ3n) is 2.44. The molecule has 2 aromatic rings. The zero-order chi connectivity index (χ0) is 12.4. The Kier molecular flexibility index (Phi) is 2.71. The molecule has 0 aliphatic carbocycles. The maximum absolute atomic E-state index is 11.9. The van der Waals surface area contributed by atoms with E-state index in [1.165, 1.54) is 7.11 Å². The van der Waals surface area contributed by atoms with Gasteiger partial charge in [0.15, 0.2) is 0 Å². The maximum atomic E-state index is 11.9. The molecule has 0 saturated carbocycles. The molecular formula is C12H10N2O3. The van der Waals surface area contributed by atoms with Crippen molar-refractivity contribution in [2.45, 2.75) is 6.54 Å². The number of nitrogens with one attached hydrogen (secondary N) is 1. The molecule has 17 heavy (non-hydrogen) atoms. The Morgan fingerprint density at radius 2 is 2.24 bits per heavy atom. The molecule has 0 spiro atoms. The highest BCUT2D eigenvalue weighted by Gasteiger charge is 2.07. The zero-order valence-corrected chi connectivity index (χ0v) is 9.19. The van der Waals surface area contributed by atoms with Crippen LogP contribution in [0.1, 0.15) is 0 Å². The van der Waals surface area contributed by atoms with Crippen LogP contribution in [-0.2, 0) is 6.54 Å². The smallest absolute Gasteiger partial charge is 0.329 e. The summed E-state index contributed by atoms with van der Waals surface area (Å²) in [7, 11) is 1.51. The number of ether oxygens (including phenoxy) is 1. The molecule has 0 aliphatic heterocycles. The molecule has 0 bridgehead atoms. The van der Waals surface area contributed by atoms with Gasteiger partial charge in [-0.05, 0) is 12.1 Å². The summed E-state index contributed by atoms with van der Waals surface area (Å²) in [6.07, 6.45) is 5.11. The van der Waals surface area contributed by atoms with Crippen LogP contribution in [0.15, 0.2) is 27.8 Å². The van der Waals surface area contributed by atoms with Crippen molar-refractivity contribution >= 4 is 10.9 Å². The summed E-state index contributed by atoms with van der Waals surface area (Å²) in [5, 5.41) is 0.403. The molecule has 0 radical (unpaired) electrons. The number of fused-ring (bicyclic) bond motifs is 1. The van der Waals surface area contributed by atoms with Crippen LogP contribution >= 0.6 is 0 Å². The molecule has 0 atom stereocenters. The van der Waals surface area contributed by atoms with Gasteiger partial charge in [-0.15, -0.1) is 6.42 Å². The lowest BCUT2D eigenvalue weighted by Gasteiger charge is -2.04. The van der Waals surface area contributed by atoms with Gasteiger partial charge in [-0.25, -0.2) is 9.36 Å². The first-order valence-corrected chi connectivity index (χ1v) is 4.91. The number of methoxy groups -OCH3 is 1. The maximum Gasteiger partial charge on any atom is 0.329 e. The minimum Gasteiger partial charge on any atom is -0.497 e. The number of hydrogen-bond donors (Lipinski definition) is 1. The molecule has 5 heteroatoms. The zero-order valence-electron chi connectivity index (χ0n) is 9.19. The van der Waals surface area contributed by atoms with Gasteiger partial charge >= 0.3 is 5.69 Å². The highest BCUT2D eigenvalue weighted by molar-refractivity contribution is 5.78. The normalized spacial score (nSPS) is 10.1. The van der Waals surface area contributed by atoms with Crippen molar-refractivity contribution in [3.63, 3.8) is 0 Å². The van der Waals surface area contributed by atoms with Gasteiger partial charge in [0.25, 0.3) is 5.56 Å². The summed E-state index contributed by atoms with van der Waals surface area (Å²) in [5.74, 6) is 2.84. The van der Waals surface area contributed by atoms with Crippen LogP contribution in [0.2, 0.25) is 0 Å². The first-order valence-electron chi connectivity index (χ1n) is 4.91. The monoisotopic (exact) mass is 230 g/mol. The van der Waals surface area contributed by atoms with E-state index in [2.05, 4.69) is 10.9 Å². The Morgan fingerprint density at radius 1 is 1.47 bits per heavy atom. The summed E-state index contributed by atoms with van der Waals surface area (Å²) >= 11 is 0. The number of nitrogens with zero attached hydrogens (tertiary/aromatic N) is 1. The third kappa shape index (κ3) is 1.81. The standard InChI is InChI=1S/C12H10N2O3/c1-3-6-14-11(15)9-5-4-8(17-2)7-10(9)13-12(14)16/h1,4-5,7H,6H2,2H3,(H,13,16). The van der Waals surface area contributed by atoms with Crippen molar-refractivity contribution in [1.29, 1.82) is 0 Å². The number of aromatic amines is 1. The van der Waals surface area contributed by atoms with Gasteiger partial charge in [0, 0.05) is 6.07 Å². The van der Waals surface area contributed by atoms with Crippen molar-refractivity contribution in [1.82, 2.24) is 9.55 Å². The molecule has 0 amide bonds. The SMILES string of the molecule is C#CCn1c(=O)[nH]c2cc(OC)ccc2c1=O. The average Bonchev–Trinajstić information content (AvgIpc) is 2.33. The summed E-state index contributed by atoms with van der Waals surface area (Å²) in [6.45, 7) is -0.0455. The Morgan fingerprint density at radius 3 is 2.88 bits per heavy atom. The molecular weight excluding hydrogens is 220 g/mol. The minimum atomic E-state index is -0.520. The predicted molar refractivity (Wildman–Crippen MR) is 64.2 cm³/mol. The summed E-state index contributed by atoms with van der Waals surface area (Å²) in [4.78, 5) is 26.2. The van der Waals surface area contributed by atoms with Crippen LogP contribution in [-0.4, -0.2) is 16.7 Å². The van der Waals surface area contributed by atoms with Crippen LogP contribution in [0, 0.1) is 12.3 Å². The van der Waals surface area contributed by atoms with Crippen molar-refractivity contribution in [2.24, 2.45) is 0 Å². The molecule has 1 N–H and O–H groups in total. The van der Waals surface area contributed by atoms with Gasteiger partial charge in [0.05, 0.1) is 24.6 Å². The van der Waals surface area contributed by atoms with E-state index in [1.54, 1.807) is 18.2 Å². The Bertz CT molecular complexity index is 719. The first kappa shape index (κ1) is 11.0. The second-order valence-corrected chi connectivity index (χ2v) is 3.44. The van der Waals surface area contributed by atoms with E-state index in [0.717, 1.165) is 4.57 Å². The molecule has 5 nitrogen and oxygen atoms in total. The van der Waals surface area contributed by atoms with Crippen molar-refractivity contribution in [2.75, 3.05) is 7.11 Å². The van der Waals surface area contributed by atoms with Crippen molar-refractivity contribution in [3.8, 4) is 18.1 Å². The average molecular weight is 230 g/mol. The van der Waals surface area contributed by atoms with Gasteiger partial charge < -0.3 is 9.72 Å². The van der Waals surface area contributed by atoms with Crippen LogP contribution < -0.4 is 16.0 Å². The number of benzene rings is 1. The second kappa shape index (κ2) is 4.18. The van der Waals surface area contributed by atoms with Crippen LogP contribution in [0.25, 0.3) is 10.9 Å². The van der Waals surface area contributed by atoms with E-state index in [9.17, 15) is 9.59 Å². The lowest BCUT2D eigenvalue weighted by atomic mass is 10.2. The molecule has 1 heterocycles. The predicted octanol–water partition coefficient (Wildman–Crippen LogP) is 0.332. The number of hydrogen-bond acceptors (Lipinski definition) is 3. The number of rotatable bonds is 2. The lowest BCUT2D eigenvalue weighted by Crippen LogP contribution is -2.34. The fraction of sp³-hybridized carbons (Fsp3) is 0.167. The highest BCUT2D eigenvalue weighted by atomic mass is 16.5. The fourth-order valence-corrected chi connectivity index (χ4v) is 1.60. The molecule has 86 valence electrons. The molecule has 0 fully saturated rings. The van der Waals surface area contributed by atoms with Gasteiger partial charge in [-0.2, -0.15) is 0 Å². The number of aromatic nitrogens is 2. The highest BCUT2D eigenvalue weighted by Crippen LogP contribution is 2.14. The molecule has 0 saturated heterocycles. The van der Waals surface area contributed by atoms with Crippen LogP contribution in [0.3, 0.4) is 0 Å². The molecule has 1 aromatic carbocycles. The Balaban J connectivity index is 2.82. The third-order valence-corrected chi connectivity index (χ3v) is 2.44. The number of H-pyrrole nitrogens is 1. The molecule has 2 rings (SSSR count). The Hall–Kier alpha value is -2.48. The Labute approximate surface area is 96.7 Å². The largest absolute Gasteiger partial charge is 0.497 e. The van der Waals surface area contributed by atoms with Gasteiger partial charge in [-0.3, -0.25) is 4.79 Å². The van der Waals surface area contributed by atoms with Gasteiger partial charge in [-0.1, -0.05) is 5.92 Å². The quantitative estimate of drug-likeness (QED) is 0.756. The fourth-order valence-electron chi connectivity index (χ4n) is 1.60. The summed E-state index contributed by atoms with van der Waals surface area (Å²) in [5.41, 5.74) is -0.481. The lowest BCUT2D eigenvalue weighted by molar-refractivity contribution is 0.415. The molecule has 0 aliphatic rings. The van der Waals surface area contributed by atoms with E-state index in [0.29, 0.717) is 16.7 Å². The summed E-state index contributed by atoms with van der Waals surface area (Å²) < 4.78 is 6.00. The van der Waals surface area contributed by atoms with E-state index in [1.807, 2.05) is 0 Å². The second-order valence-electron chi connectivity index (χ2n) is 3.44. The van der Waals surface area contributed by atoms with E-state index in [4.69, 9.17) is 11.2 Å². The van der Waals surface area contributed by atoms with Crippen molar-refractivity contribution < 1.29 is 4.74 Å². The minimum absolute atomic E-state index is 0.0455. The molecule has 1 aromatic heterocycles. The van der Waals surface area contributed by atoms with E-state index >= 15 is 0 Å². The van der Waals surface area contributed by atoms with Gasteiger partial charge in [0.1, 0.15) is 5.75 Å². The number of terminal acetylenes is 1. The van der Waals surface area contributed by atoms with Crippen LogP contribution in [0.5, 0.6) is 5.75 Å². The topological polar surface area (TPSA) is 64.1 Å². The van der Waals surface area contributed by atoms with Crippen molar-refractivity contribution in [3.05, 3.63) is 39.0 Å².